The summed E-state index contributed by atoms with van der Waals surface area (Å²) in [5, 5.41) is 7.33. The minimum absolute atomic E-state index is 0.0606. The van der Waals surface area contributed by atoms with Gasteiger partial charge in [-0.2, -0.15) is 5.10 Å². The van der Waals surface area contributed by atoms with Crippen LogP contribution in [0.3, 0.4) is 0 Å². The summed E-state index contributed by atoms with van der Waals surface area (Å²) in [5.41, 5.74) is 2.19. The minimum Gasteiger partial charge on any atom is -0.353 e. The zero-order valence-corrected chi connectivity index (χ0v) is 14.6. The van der Waals surface area contributed by atoms with E-state index in [1.165, 1.54) is 0 Å². The Morgan fingerprint density at radius 1 is 1.33 bits per heavy atom. The van der Waals surface area contributed by atoms with Crippen LogP contribution >= 0.6 is 0 Å². The van der Waals surface area contributed by atoms with Gasteiger partial charge >= 0.3 is 0 Å². The van der Waals surface area contributed by atoms with E-state index < -0.39 is 0 Å². The quantitative estimate of drug-likeness (QED) is 0.911. The molecule has 0 bridgehead atoms. The fourth-order valence-corrected chi connectivity index (χ4v) is 3.21. The van der Waals surface area contributed by atoms with Crippen molar-refractivity contribution in [3.8, 4) is 0 Å². The van der Waals surface area contributed by atoms with Crippen molar-refractivity contribution in [2.24, 2.45) is 5.92 Å². The molecule has 1 aliphatic heterocycles. The average molecular weight is 327 g/mol. The predicted molar refractivity (Wildman–Crippen MR) is 92.2 cm³/mol. The van der Waals surface area contributed by atoms with Crippen molar-refractivity contribution in [2.75, 3.05) is 13.1 Å². The number of carbonyl (C=O) groups excluding carboxylic acids is 1. The van der Waals surface area contributed by atoms with Gasteiger partial charge in [0, 0.05) is 19.6 Å². The van der Waals surface area contributed by atoms with Crippen LogP contribution < -0.4 is 5.32 Å². The molecule has 6 nitrogen and oxygen atoms in total. The molecule has 1 unspecified atom stereocenters. The molecule has 0 aliphatic carbocycles. The minimum atomic E-state index is -0.274. The van der Waals surface area contributed by atoms with Gasteiger partial charge in [-0.05, 0) is 24.0 Å². The Morgan fingerprint density at radius 2 is 2.12 bits per heavy atom. The third-order valence-electron chi connectivity index (χ3n) is 4.37. The highest BCUT2D eigenvalue weighted by atomic mass is 16.2. The summed E-state index contributed by atoms with van der Waals surface area (Å²) < 4.78 is 1.95. The van der Waals surface area contributed by atoms with E-state index in [1.807, 2.05) is 22.9 Å². The number of nitrogens with zero attached hydrogens (tertiary/aromatic N) is 4. The van der Waals surface area contributed by atoms with E-state index in [0.29, 0.717) is 19.0 Å². The number of amides is 1. The molecule has 6 heteroatoms. The topological polar surface area (TPSA) is 63.1 Å². The van der Waals surface area contributed by atoms with Crippen molar-refractivity contribution in [3.05, 3.63) is 47.5 Å². The highest BCUT2D eigenvalue weighted by Gasteiger charge is 2.32. The van der Waals surface area contributed by atoms with E-state index in [9.17, 15) is 4.79 Å². The van der Waals surface area contributed by atoms with Gasteiger partial charge in [0.05, 0.1) is 6.54 Å². The second-order valence-corrected chi connectivity index (χ2v) is 6.77. The summed E-state index contributed by atoms with van der Waals surface area (Å²) in [6, 6.07) is 7.81. The highest BCUT2D eigenvalue weighted by Crippen LogP contribution is 2.27. The Kier molecular flexibility index (Phi) is 4.94. The zero-order valence-electron chi connectivity index (χ0n) is 14.6. The molecule has 1 saturated heterocycles. The largest absolute Gasteiger partial charge is 0.353 e. The van der Waals surface area contributed by atoms with Gasteiger partial charge in [-0.3, -0.25) is 9.69 Å². The smallest absolute Gasteiger partial charge is 0.242 e. The highest BCUT2D eigenvalue weighted by molar-refractivity contribution is 5.84. The third kappa shape index (κ3) is 3.48. The first-order chi connectivity index (χ1) is 11.6. The molecule has 1 atom stereocenters. The van der Waals surface area contributed by atoms with Crippen LogP contribution in [0.25, 0.3) is 0 Å². The maximum absolute atomic E-state index is 12.6. The van der Waals surface area contributed by atoms with E-state index in [-0.39, 0.29) is 11.9 Å². The van der Waals surface area contributed by atoms with E-state index in [2.05, 4.69) is 47.1 Å². The maximum atomic E-state index is 12.6. The number of aryl methyl sites for hydroxylation is 1. The van der Waals surface area contributed by atoms with Crippen LogP contribution in [0.2, 0.25) is 0 Å². The molecule has 1 fully saturated rings. The molecule has 0 spiro atoms. The summed E-state index contributed by atoms with van der Waals surface area (Å²) in [4.78, 5) is 19.2. The molecule has 3 rings (SSSR count). The SMILES string of the molecule is Cc1ccccc1C1C(=O)NCCN1Cc1ncnn1CC(C)C. The summed E-state index contributed by atoms with van der Waals surface area (Å²) >= 11 is 0. The van der Waals surface area contributed by atoms with Crippen molar-refractivity contribution >= 4 is 5.91 Å². The molecule has 24 heavy (non-hydrogen) atoms. The molecule has 1 aromatic heterocycles. The van der Waals surface area contributed by atoms with Crippen LogP contribution in [0.1, 0.15) is 36.8 Å². The lowest BCUT2D eigenvalue weighted by Gasteiger charge is -2.35. The van der Waals surface area contributed by atoms with Crippen molar-refractivity contribution < 1.29 is 4.79 Å². The molecule has 2 aromatic rings. The van der Waals surface area contributed by atoms with Crippen molar-refractivity contribution in [2.45, 2.75) is 39.9 Å². The first-order valence-corrected chi connectivity index (χ1v) is 8.50. The second kappa shape index (κ2) is 7.13. The van der Waals surface area contributed by atoms with Crippen LogP contribution in [0.15, 0.2) is 30.6 Å². The maximum Gasteiger partial charge on any atom is 0.242 e. The lowest BCUT2D eigenvalue weighted by atomic mass is 9.97. The molecule has 1 amide bonds. The van der Waals surface area contributed by atoms with Crippen molar-refractivity contribution in [1.29, 1.82) is 0 Å². The predicted octanol–water partition coefficient (Wildman–Crippen LogP) is 1.92. The van der Waals surface area contributed by atoms with Gasteiger partial charge in [0.2, 0.25) is 5.91 Å². The summed E-state index contributed by atoms with van der Waals surface area (Å²) in [5.74, 6) is 1.48. The Bertz CT molecular complexity index is 709. The number of aromatic nitrogens is 3. The third-order valence-corrected chi connectivity index (χ3v) is 4.37. The fraction of sp³-hybridized carbons (Fsp3) is 0.500. The van der Waals surface area contributed by atoms with Crippen molar-refractivity contribution in [1.82, 2.24) is 25.0 Å². The van der Waals surface area contributed by atoms with Crippen molar-refractivity contribution in [3.63, 3.8) is 0 Å². The Balaban J connectivity index is 1.87. The van der Waals surface area contributed by atoms with Gasteiger partial charge in [-0.1, -0.05) is 38.1 Å². The van der Waals surface area contributed by atoms with Gasteiger partial charge in [-0.15, -0.1) is 0 Å². The number of hydrogen-bond donors (Lipinski definition) is 1. The van der Waals surface area contributed by atoms with Gasteiger partial charge < -0.3 is 5.32 Å². The van der Waals surface area contributed by atoms with E-state index >= 15 is 0 Å². The number of piperazine rings is 1. The fourth-order valence-electron chi connectivity index (χ4n) is 3.21. The molecular weight excluding hydrogens is 302 g/mol. The molecule has 0 saturated carbocycles. The number of rotatable bonds is 5. The van der Waals surface area contributed by atoms with Gasteiger partial charge in [-0.25, -0.2) is 9.67 Å². The number of nitrogens with one attached hydrogen (secondary N) is 1. The number of hydrogen-bond acceptors (Lipinski definition) is 4. The summed E-state index contributed by atoms with van der Waals surface area (Å²) in [7, 11) is 0. The normalized spacial score (nSPS) is 18.8. The van der Waals surface area contributed by atoms with Gasteiger partial charge in [0.1, 0.15) is 18.2 Å². The van der Waals surface area contributed by atoms with Gasteiger partial charge in [0.25, 0.3) is 0 Å². The standard InChI is InChI=1S/C18H25N5O/c1-13(2)10-23-16(20-12-21-23)11-22-9-8-19-18(24)17(22)15-7-5-4-6-14(15)3/h4-7,12-13,17H,8-11H2,1-3H3,(H,19,24). The summed E-state index contributed by atoms with van der Waals surface area (Å²) in [6.45, 7) is 9.31. The Hall–Kier alpha value is -2.21. The van der Waals surface area contributed by atoms with E-state index in [0.717, 1.165) is 30.0 Å². The van der Waals surface area contributed by atoms with Crippen LogP contribution in [0, 0.1) is 12.8 Å². The lowest BCUT2D eigenvalue weighted by Crippen LogP contribution is -2.50. The molecule has 0 radical (unpaired) electrons. The first-order valence-electron chi connectivity index (χ1n) is 8.50. The lowest BCUT2D eigenvalue weighted by molar-refractivity contribution is -0.129. The second-order valence-electron chi connectivity index (χ2n) is 6.77. The average Bonchev–Trinajstić information content (AvgIpc) is 2.95. The zero-order chi connectivity index (χ0) is 17.1. The van der Waals surface area contributed by atoms with Gasteiger partial charge in [0.15, 0.2) is 0 Å². The Labute approximate surface area is 142 Å². The number of benzene rings is 1. The molecule has 1 aromatic carbocycles. The number of carbonyl (C=O) groups is 1. The van der Waals surface area contributed by atoms with Crippen LogP contribution in [-0.4, -0.2) is 38.7 Å². The molecular formula is C18H25N5O. The summed E-state index contributed by atoms with van der Waals surface area (Å²) in [6.07, 6.45) is 1.60. The van der Waals surface area contributed by atoms with Crippen LogP contribution in [0.4, 0.5) is 0 Å². The molecule has 1 aliphatic rings. The van der Waals surface area contributed by atoms with Crippen LogP contribution in [0.5, 0.6) is 0 Å². The van der Waals surface area contributed by atoms with E-state index in [1.54, 1.807) is 6.33 Å². The first kappa shape index (κ1) is 16.6. The van der Waals surface area contributed by atoms with E-state index in [4.69, 9.17) is 0 Å². The van der Waals surface area contributed by atoms with Crippen LogP contribution in [-0.2, 0) is 17.9 Å². The molecule has 2 heterocycles. The Morgan fingerprint density at radius 3 is 2.88 bits per heavy atom. The monoisotopic (exact) mass is 327 g/mol. The molecule has 128 valence electrons. The molecule has 1 N–H and O–H groups in total.